The third-order valence-corrected chi connectivity index (χ3v) is 5.56. The second-order valence-corrected chi connectivity index (χ2v) is 7.37. The zero-order valence-corrected chi connectivity index (χ0v) is 16.3. The highest BCUT2D eigenvalue weighted by Crippen LogP contribution is 2.32. The van der Waals surface area contributed by atoms with Gasteiger partial charge in [-0.1, -0.05) is 58.7 Å². The summed E-state index contributed by atoms with van der Waals surface area (Å²) in [7, 11) is 0. The molecule has 0 spiro atoms. The number of nitrogens with zero attached hydrogens (tertiary/aromatic N) is 2. The van der Waals surface area contributed by atoms with Gasteiger partial charge >= 0.3 is 0 Å². The monoisotopic (exact) mass is 413 g/mol. The third-order valence-electron chi connectivity index (χ3n) is 3.55. The molecule has 0 fully saturated rings. The van der Waals surface area contributed by atoms with Gasteiger partial charge in [0.15, 0.2) is 5.16 Å². The van der Waals surface area contributed by atoms with Gasteiger partial charge in [-0.2, -0.15) is 0 Å². The van der Waals surface area contributed by atoms with E-state index in [4.69, 9.17) is 34.8 Å². The highest BCUT2D eigenvalue weighted by atomic mass is 35.5. The average molecular weight is 415 g/mol. The molecule has 0 bridgehead atoms. The zero-order chi connectivity index (χ0) is 18.0. The molecule has 2 aromatic carbocycles. The number of rotatable bonds is 5. The second-order valence-electron chi connectivity index (χ2n) is 5.21. The van der Waals surface area contributed by atoms with Gasteiger partial charge in [-0.05, 0) is 31.2 Å². The van der Waals surface area contributed by atoms with Crippen molar-refractivity contribution in [1.82, 2.24) is 9.55 Å². The van der Waals surface area contributed by atoms with Crippen LogP contribution in [-0.4, -0.2) is 21.2 Å². The first-order chi connectivity index (χ1) is 12.0. The lowest BCUT2D eigenvalue weighted by Gasteiger charge is -2.09. The molecule has 3 rings (SSSR count). The van der Waals surface area contributed by atoms with Crippen LogP contribution in [0.3, 0.4) is 0 Å². The van der Waals surface area contributed by atoms with Crippen LogP contribution in [-0.2, 0) is 11.3 Å². The molecule has 130 valence electrons. The van der Waals surface area contributed by atoms with Crippen LogP contribution in [0.4, 0.5) is 5.69 Å². The van der Waals surface area contributed by atoms with Crippen molar-refractivity contribution in [2.75, 3.05) is 11.1 Å². The Morgan fingerprint density at radius 1 is 1.16 bits per heavy atom. The number of benzene rings is 2. The number of carbonyl (C=O) groups is 1. The molecule has 0 aliphatic carbocycles. The van der Waals surface area contributed by atoms with Gasteiger partial charge in [0.25, 0.3) is 0 Å². The smallest absolute Gasteiger partial charge is 0.234 e. The fourth-order valence-electron chi connectivity index (χ4n) is 2.40. The molecule has 0 radical (unpaired) electrons. The first-order valence-electron chi connectivity index (χ1n) is 7.52. The third kappa shape index (κ3) is 4.06. The maximum Gasteiger partial charge on any atom is 0.234 e. The van der Waals surface area contributed by atoms with Crippen molar-refractivity contribution in [3.05, 3.63) is 51.5 Å². The van der Waals surface area contributed by atoms with Gasteiger partial charge in [0.1, 0.15) is 0 Å². The van der Waals surface area contributed by atoms with Crippen LogP contribution in [0.2, 0.25) is 15.1 Å². The summed E-state index contributed by atoms with van der Waals surface area (Å²) < 4.78 is 2.08. The van der Waals surface area contributed by atoms with Crippen LogP contribution >= 0.6 is 46.6 Å². The van der Waals surface area contributed by atoms with Crippen LogP contribution in [0.1, 0.15) is 6.92 Å². The van der Waals surface area contributed by atoms with Crippen LogP contribution in [0.5, 0.6) is 0 Å². The minimum absolute atomic E-state index is 0.194. The number of carbonyl (C=O) groups excluding carboxylic acids is 1. The molecule has 0 aliphatic heterocycles. The molecule has 25 heavy (non-hydrogen) atoms. The Balaban J connectivity index is 1.72. The van der Waals surface area contributed by atoms with Crippen LogP contribution in [0.15, 0.2) is 41.6 Å². The van der Waals surface area contributed by atoms with Gasteiger partial charge in [-0.3, -0.25) is 4.79 Å². The Kier molecular flexibility index (Phi) is 5.79. The van der Waals surface area contributed by atoms with Gasteiger partial charge in [0.2, 0.25) is 5.91 Å². The number of amides is 1. The minimum atomic E-state index is -0.194. The number of nitrogens with one attached hydrogen (secondary N) is 1. The predicted octanol–water partition coefficient (Wildman–Crippen LogP) is 5.75. The molecule has 0 saturated heterocycles. The molecule has 0 unspecified atom stereocenters. The van der Waals surface area contributed by atoms with E-state index in [9.17, 15) is 4.79 Å². The summed E-state index contributed by atoms with van der Waals surface area (Å²) in [5.74, 6) is 0.0138. The Morgan fingerprint density at radius 2 is 1.88 bits per heavy atom. The van der Waals surface area contributed by atoms with Gasteiger partial charge in [-0.25, -0.2) is 4.98 Å². The van der Waals surface area contributed by atoms with E-state index in [0.717, 1.165) is 22.7 Å². The number of hydrogen-bond acceptors (Lipinski definition) is 3. The number of hydrogen-bond donors (Lipinski definition) is 1. The number of para-hydroxylation sites is 2. The van der Waals surface area contributed by atoms with E-state index in [1.807, 2.05) is 31.2 Å². The summed E-state index contributed by atoms with van der Waals surface area (Å²) in [6.07, 6.45) is 0. The largest absolute Gasteiger partial charge is 0.324 e. The molecular weight excluding hydrogens is 401 g/mol. The normalized spacial score (nSPS) is 11.0. The number of fused-ring (bicyclic) bond motifs is 1. The van der Waals surface area contributed by atoms with Gasteiger partial charge in [0.05, 0.1) is 37.5 Å². The maximum atomic E-state index is 12.2. The van der Waals surface area contributed by atoms with E-state index in [-0.39, 0.29) is 11.7 Å². The number of halogens is 3. The Bertz CT molecular complexity index is 942. The molecule has 0 aliphatic rings. The molecule has 8 heteroatoms. The van der Waals surface area contributed by atoms with Crippen LogP contribution < -0.4 is 5.32 Å². The minimum Gasteiger partial charge on any atom is -0.324 e. The fraction of sp³-hybridized carbons (Fsp3) is 0.176. The molecule has 0 saturated carbocycles. The van der Waals surface area contributed by atoms with Crippen LogP contribution in [0, 0.1) is 0 Å². The molecule has 3 aromatic rings. The first kappa shape index (κ1) is 18.4. The fourth-order valence-corrected chi connectivity index (χ4v) is 3.88. The molecule has 0 atom stereocenters. The first-order valence-corrected chi connectivity index (χ1v) is 9.64. The van der Waals surface area contributed by atoms with Gasteiger partial charge in [0, 0.05) is 6.54 Å². The molecule has 1 heterocycles. The topological polar surface area (TPSA) is 46.9 Å². The van der Waals surface area contributed by atoms with Gasteiger partial charge < -0.3 is 9.88 Å². The summed E-state index contributed by atoms with van der Waals surface area (Å²) in [6.45, 7) is 2.83. The molecule has 1 aromatic heterocycles. The Morgan fingerprint density at radius 3 is 2.64 bits per heavy atom. The van der Waals surface area contributed by atoms with Gasteiger partial charge in [-0.15, -0.1) is 0 Å². The Hall–Kier alpha value is -1.40. The summed E-state index contributed by atoms with van der Waals surface area (Å²) >= 11 is 19.3. The van der Waals surface area contributed by atoms with E-state index in [1.165, 1.54) is 23.9 Å². The lowest BCUT2D eigenvalue weighted by molar-refractivity contribution is -0.113. The highest BCUT2D eigenvalue weighted by Gasteiger charge is 2.13. The summed E-state index contributed by atoms with van der Waals surface area (Å²) in [6, 6.07) is 10.9. The number of imidazole rings is 1. The van der Waals surface area contributed by atoms with Crippen molar-refractivity contribution in [3.8, 4) is 0 Å². The maximum absolute atomic E-state index is 12.2. The number of thioether (sulfide) groups is 1. The van der Waals surface area contributed by atoms with E-state index in [2.05, 4.69) is 14.9 Å². The summed E-state index contributed by atoms with van der Waals surface area (Å²) in [5, 5.41) is 4.57. The molecule has 1 amide bonds. The lowest BCUT2D eigenvalue weighted by atomic mass is 10.3. The molecule has 1 N–H and O–H groups in total. The second kappa shape index (κ2) is 7.87. The number of aromatic nitrogens is 2. The summed E-state index contributed by atoms with van der Waals surface area (Å²) in [4.78, 5) is 16.8. The van der Waals surface area contributed by atoms with E-state index in [0.29, 0.717) is 20.8 Å². The molecule has 4 nitrogen and oxygen atoms in total. The summed E-state index contributed by atoms with van der Waals surface area (Å²) in [5.41, 5.74) is 2.41. The van der Waals surface area contributed by atoms with E-state index < -0.39 is 0 Å². The quantitative estimate of drug-likeness (QED) is 0.427. The SMILES string of the molecule is CCn1c(SCC(=O)Nc2cc(Cl)c(Cl)cc2Cl)nc2ccccc21. The van der Waals surface area contributed by atoms with Crippen molar-refractivity contribution in [3.63, 3.8) is 0 Å². The Labute approximate surface area is 164 Å². The highest BCUT2D eigenvalue weighted by molar-refractivity contribution is 7.99. The van der Waals surface area contributed by atoms with Crippen molar-refractivity contribution in [1.29, 1.82) is 0 Å². The van der Waals surface area contributed by atoms with Crippen LogP contribution in [0.25, 0.3) is 11.0 Å². The van der Waals surface area contributed by atoms with Crippen molar-refractivity contribution in [2.24, 2.45) is 0 Å². The van der Waals surface area contributed by atoms with Crippen molar-refractivity contribution < 1.29 is 4.79 Å². The zero-order valence-electron chi connectivity index (χ0n) is 13.2. The number of aryl methyl sites for hydroxylation is 1. The number of anilines is 1. The predicted molar refractivity (Wildman–Crippen MR) is 106 cm³/mol. The van der Waals surface area contributed by atoms with Crippen molar-refractivity contribution >= 4 is 69.2 Å². The lowest BCUT2D eigenvalue weighted by Crippen LogP contribution is -2.15. The standard InChI is InChI=1S/C17H14Cl3N3OS/c1-2-23-15-6-4-3-5-13(15)22-17(23)25-9-16(24)21-14-8-11(19)10(18)7-12(14)20/h3-8H,2,9H2,1H3,(H,21,24). The molecular formula is C17H14Cl3N3OS. The average Bonchev–Trinajstić information content (AvgIpc) is 2.95. The van der Waals surface area contributed by atoms with E-state index >= 15 is 0 Å². The van der Waals surface area contributed by atoms with E-state index in [1.54, 1.807) is 0 Å². The van der Waals surface area contributed by atoms with Crippen molar-refractivity contribution in [2.45, 2.75) is 18.6 Å².